The van der Waals surface area contributed by atoms with Crippen LogP contribution in [0.5, 0.6) is 0 Å². The molecule has 0 N–H and O–H groups in total. The highest BCUT2D eigenvalue weighted by molar-refractivity contribution is 8.77. The van der Waals surface area contributed by atoms with Crippen molar-refractivity contribution in [2.75, 3.05) is 24.6 Å². The minimum absolute atomic E-state index is 0.0986. The number of nitrogens with zero attached hydrogens (tertiary/aromatic N) is 2. The van der Waals surface area contributed by atoms with E-state index in [9.17, 15) is 19.2 Å². The average Bonchev–Trinajstić information content (AvgIpc) is 3.48. The van der Waals surface area contributed by atoms with Crippen LogP contribution in [0.2, 0.25) is 0 Å². The van der Waals surface area contributed by atoms with Crippen LogP contribution in [0, 0.1) is 0 Å². The SMILES string of the molecule is O=COC1CCCCN1C(=O)CCCCC(S)CCS.O=COC1CCCCN1C(=O)CCCCC1CCSS1. The van der Waals surface area contributed by atoms with Crippen molar-refractivity contribution in [2.24, 2.45) is 0 Å². The zero-order chi connectivity index (χ0) is 29.0. The summed E-state index contributed by atoms with van der Waals surface area (Å²) in [6.45, 7) is 2.34. The predicted molar refractivity (Wildman–Crippen MR) is 170 cm³/mol. The summed E-state index contributed by atoms with van der Waals surface area (Å²) in [5.41, 5.74) is 0. The highest BCUT2D eigenvalue weighted by Gasteiger charge is 2.28. The van der Waals surface area contributed by atoms with Crippen LogP contribution >= 0.6 is 46.8 Å². The molecule has 0 saturated carbocycles. The van der Waals surface area contributed by atoms with Crippen LogP contribution in [0.15, 0.2) is 0 Å². The standard InChI is InChI=1S/C14H23NO3S2.C14H25NO3S2/c16-11-18-14-7-3-4-9-15(14)13(17)6-2-1-5-12-8-10-19-20-12;16-11-18-14-7-3-4-9-15(14)13(17)6-2-1-5-12(20)8-10-19/h11-12,14H,1-10H2;11-12,14,19-20H,1-10H2. The number of thiol groups is 2. The lowest BCUT2D eigenvalue weighted by Gasteiger charge is -2.34. The van der Waals surface area contributed by atoms with Gasteiger partial charge in [-0.1, -0.05) is 34.4 Å². The molecule has 8 nitrogen and oxygen atoms in total. The molecule has 0 radical (unpaired) electrons. The summed E-state index contributed by atoms with van der Waals surface area (Å²) < 4.78 is 10.0. The van der Waals surface area contributed by atoms with Crippen LogP contribution in [0.25, 0.3) is 0 Å². The molecule has 4 atom stereocenters. The predicted octanol–water partition coefficient (Wildman–Crippen LogP) is 5.89. The molecule has 3 aliphatic heterocycles. The molecule has 3 saturated heterocycles. The Balaban J connectivity index is 0.000000280. The Bertz CT molecular complexity index is 744. The molecule has 4 unspecified atom stereocenters. The summed E-state index contributed by atoms with van der Waals surface area (Å²) in [7, 11) is 3.97. The van der Waals surface area contributed by atoms with E-state index in [0.29, 0.717) is 37.6 Å². The number of likely N-dealkylation sites (tertiary alicyclic amines) is 2. The fourth-order valence-electron chi connectivity index (χ4n) is 5.23. The maximum atomic E-state index is 12.2. The molecule has 0 aromatic carbocycles. The van der Waals surface area contributed by atoms with E-state index >= 15 is 0 Å². The molecule has 230 valence electrons. The molecule has 0 aromatic rings. The minimum Gasteiger partial charge on any atom is -0.444 e. The van der Waals surface area contributed by atoms with Gasteiger partial charge in [-0.05, 0) is 70.0 Å². The van der Waals surface area contributed by atoms with Gasteiger partial charge in [0.15, 0.2) is 12.5 Å². The van der Waals surface area contributed by atoms with E-state index in [1.54, 1.807) is 9.80 Å². The molecule has 2 amide bonds. The number of rotatable bonds is 16. The highest BCUT2D eigenvalue weighted by atomic mass is 33.1. The highest BCUT2D eigenvalue weighted by Crippen LogP contribution is 2.40. The Hall–Kier alpha value is -0.720. The maximum absolute atomic E-state index is 12.2. The number of carbonyl (C=O) groups is 4. The van der Waals surface area contributed by atoms with E-state index < -0.39 is 0 Å². The number of unbranched alkanes of at least 4 members (excludes halogenated alkanes) is 2. The molecule has 3 fully saturated rings. The molecule has 0 aromatic heterocycles. The molecule has 3 rings (SSSR count). The van der Waals surface area contributed by atoms with E-state index in [1.165, 1.54) is 18.6 Å². The van der Waals surface area contributed by atoms with Crippen molar-refractivity contribution in [2.45, 2.75) is 126 Å². The Labute approximate surface area is 259 Å². The lowest BCUT2D eigenvalue weighted by molar-refractivity contribution is -0.160. The molecule has 3 heterocycles. The third-order valence-corrected chi connectivity index (χ3v) is 11.3. The summed E-state index contributed by atoms with van der Waals surface area (Å²) in [5, 5.41) is 1.17. The van der Waals surface area contributed by atoms with E-state index in [0.717, 1.165) is 94.6 Å². The van der Waals surface area contributed by atoms with Gasteiger partial charge in [0.25, 0.3) is 12.9 Å². The van der Waals surface area contributed by atoms with E-state index in [4.69, 9.17) is 9.47 Å². The molecule has 3 aliphatic rings. The molecule has 0 aliphatic carbocycles. The normalized spacial score (nSPS) is 23.5. The summed E-state index contributed by atoms with van der Waals surface area (Å²) in [6, 6.07) is 0. The summed E-state index contributed by atoms with van der Waals surface area (Å²) >= 11 is 8.66. The first kappa shape index (κ1) is 35.5. The molecule has 40 heavy (non-hydrogen) atoms. The Morgan fingerprint density at radius 2 is 1.40 bits per heavy atom. The molecule has 0 bridgehead atoms. The summed E-state index contributed by atoms with van der Waals surface area (Å²) in [5.74, 6) is 2.37. The molecule has 0 spiro atoms. The van der Waals surface area contributed by atoms with E-state index in [-0.39, 0.29) is 24.3 Å². The van der Waals surface area contributed by atoms with Gasteiger partial charge >= 0.3 is 0 Å². The van der Waals surface area contributed by atoms with Crippen LogP contribution in [-0.2, 0) is 28.7 Å². The van der Waals surface area contributed by atoms with Crippen LogP contribution < -0.4 is 0 Å². The van der Waals surface area contributed by atoms with Crippen LogP contribution in [-0.4, -0.2) is 82.1 Å². The number of ether oxygens (including phenoxy) is 2. The van der Waals surface area contributed by atoms with Gasteiger partial charge in [0.05, 0.1) is 0 Å². The third kappa shape index (κ3) is 14.0. The van der Waals surface area contributed by atoms with Crippen molar-refractivity contribution in [3.63, 3.8) is 0 Å². The number of hydrogen-bond donors (Lipinski definition) is 2. The molecule has 12 heteroatoms. The largest absolute Gasteiger partial charge is 0.444 e. The first-order valence-corrected chi connectivity index (χ1v) is 18.4. The van der Waals surface area contributed by atoms with Gasteiger partial charge in [0, 0.05) is 55.0 Å². The van der Waals surface area contributed by atoms with Gasteiger partial charge < -0.3 is 19.3 Å². The van der Waals surface area contributed by atoms with Crippen LogP contribution in [0.4, 0.5) is 0 Å². The average molecular weight is 637 g/mol. The van der Waals surface area contributed by atoms with Crippen molar-refractivity contribution >= 4 is 71.6 Å². The molecular weight excluding hydrogens is 589 g/mol. The monoisotopic (exact) mass is 636 g/mol. The van der Waals surface area contributed by atoms with Crippen LogP contribution in [0.3, 0.4) is 0 Å². The second-order valence-corrected chi connectivity index (χ2v) is 14.5. The van der Waals surface area contributed by atoms with Gasteiger partial charge in [0.1, 0.15) is 0 Å². The molecular formula is C28H48N2O6S4. The lowest BCUT2D eigenvalue weighted by atomic mass is 10.1. The fourth-order valence-corrected chi connectivity index (χ4v) is 9.09. The second kappa shape index (κ2) is 21.9. The van der Waals surface area contributed by atoms with Crippen molar-refractivity contribution in [1.82, 2.24) is 9.80 Å². The lowest BCUT2D eigenvalue weighted by Crippen LogP contribution is -2.45. The zero-order valence-electron chi connectivity index (χ0n) is 23.7. The fraction of sp³-hybridized carbons (Fsp3) is 0.857. The maximum Gasteiger partial charge on any atom is 0.295 e. The Morgan fingerprint density at radius 3 is 1.90 bits per heavy atom. The number of piperidine rings is 2. The van der Waals surface area contributed by atoms with Gasteiger partial charge in [-0.3, -0.25) is 19.2 Å². The second-order valence-electron chi connectivity index (χ2n) is 10.5. The first-order valence-electron chi connectivity index (χ1n) is 14.8. The van der Waals surface area contributed by atoms with Gasteiger partial charge in [-0.15, -0.1) is 0 Å². The number of carbonyl (C=O) groups excluding carboxylic acids is 4. The smallest absolute Gasteiger partial charge is 0.295 e. The van der Waals surface area contributed by atoms with Crippen molar-refractivity contribution in [1.29, 1.82) is 0 Å². The Kier molecular flexibility index (Phi) is 19.4. The third-order valence-electron chi connectivity index (χ3n) is 7.50. The minimum atomic E-state index is -0.351. The van der Waals surface area contributed by atoms with Gasteiger partial charge in [0.2, 0.25) is 11.8 Å². The number of hydrogen-bond acceptors (Lipinski definition) is 10. The quantitative estimate of drug-likeness (QED) is 0.0938. The van der Waals surface area contributed by atoms with E-state index in [2.05, 4.69) is 25.3 Å². The van der Waals surface area contributed by atoms with Gasteiger partial charge in [-0.2, -0.15) is 25.3 Å². The Morgan fingerprint density at radius 1 is 0.825 bits per heavy atom. The topological polar surface area (TPSA) is 93.2 Å². The van der Waals surface area contributed by atoms with Crippen molar-refractivity contribution in [3.8, 4) is 0 Å². The van der Waals surface area contributed by atoms with Crippen molar-refractivity contribution in [3.05, 3.63) is 0 Å². The van der Waals surface area contributed by atoms with Crippen LogP contribution in [0.1, 0.15) is 103 Å². The number of amides is 2. The van der Waals surface area contributed by atoms with Crippen molar-refractivity contribution < 1.29 is 28.7 Å². The van der Waals surface area contributed by atoms with E-state index in [1.807, 2.05) is 21.6 Å². The zero-order valence-corrected chi connectivity index (χ0v) is 27.1. The summed E-state index contributed by atoms with van der Waals surface area (Å²) in [4.78, 5) is 48.8. The first-order chi connectivity index (χ1) is 19.5. The van der Waals surface area contributed by atoms with Gasteiger partial charge in [-0.25, -0.2) is 0 Å². The summed E-state index contributed by atoms with van der Waals surface area (Å²) in [6.07, 6.45) is 14.5.